The van der Waals surface area contributed by atoms with Gasteiger partial charge in [0.05, 0.1) is 0 Å². The Morgan fingerprint density at radius 1 is 1.19 bits per heavy atom. The van der Waals surface area contributed by atoms with Gasteiger partial charge < -0.3 is 10.0 Å². The molecule has 2 heterocycles. The number of carbonyl (C=O) groups is 2. The first-order valence-corrected chi connectivity index (χ1v) is 9.75. The standard InChI is InChI=1S/C21H30N2O3/c1-3-17-6-4-5-7-18(17)14-22-12-10-21(11-13-22)9-8-19(24)23(15-21)16(2)20(25)26/h4-7,16H,3,8-15H2,1-2H3,(H,25,26)/t16-/m0/s1. The molecule has 2 saturated heterocycles. The molecule has 1 atom stereocenters. The second-order valence-electron chi connectivity index (χ2n) is 7.93. The highest BCUT2D eigenvalue weighted by Crippen LogP contribution is 2.41. The van der Waals surface area contributed by atoms with Crippen LogP contribution in [0, 0.1) is 5.41 Å². The van der Waals surface area contributed by atoms with Crippen molar-refractivity contribution in [3.05, 3.63) is 35.4 Å². The number of hydrogen-bond donors (Lipinski definition) is 1. The van der Waals surface area contributed by atoms with Crippen molar-refractivity contribution in [3.8, 4) is 0 Å². The van der Waals surface area contributed by atoms with E-state index in [0.717, 1.165) is 45.3 Å². The van der Waals surface area contributed by atoms with Crippen LogP contribution in [0.3, 0.4) is 0 Å². The van der Waals surface area contributed by atoms with Crippen LogP contribution in [0.5, 0.6) is 0 Å². The Bertz CT molecular complexity index is 665. The van der Waals surface area contributed by atoms with Crippen LogP contribution in [-0.2, 0) is 22.6 Å². The van der Waals surface area contributed by atoms with Crippen molar-refractivity contribution in [1.29, 1.82) is 0 Å². The van der Waals surface area contributed by atoms with Gasteiger partial charge in [0.25, 0.3) is 0 Å². The average molecular weight is 358 g/mol. The number of piperidine rings is 2. The van der Waals surface area contributed by atoms with E-state index in [4.69, 9.17) is 0 Å². The summed E-state index contributed by atoms with van der Waals surface area (Å²) < 4.78 is 0. The molecule has 1 aromatic rings. The van der Waals surface area contributed by atoms with Crippen LogP contribution in [0.1, 0.15) is 50.7 Å². The Morgan fingerprint density at radius 2 is 1.85 bits per heavy atom. The molecule has 0 bridgehead atoms. The first-order chi connectivity index (χ1) is 12.4. The van der Waals surface area contributed by atoms with Gasteiger partial charge in [-0.2, -0.15) is 0 Å². The maximum absolute atomic E-state index is 12.2. The molecule has 26 heavy (non-hydrogen) atoms. The van der Waals surface area contributed by atoms with E-state index in [0.29, 0.717) is 13.0 Å². The van der Waals surface area contributed by atoms with E-state index < -0.39 is 12.0 Å². The molecule has 5 nitrogen and oxygen atoms in total. The minimum atomic E-state index is -0.913. The lowest BCUT2D eigenvalue weighted by molar-refractivity contribution is -0.155. The Balaban J connectivity index is 1.62. The van der Waals surface area contributed by atoms with Crippen molar-refractivity contribution in [2.75, 3.05) is 19.6 Å². The van der Waals surface area contributed by atoms with E-state index in [1.165, 1.54) is 11.1 Å². The molecular weight excluding hydrogens is 328 g/mol. The average Bonchev–Trinajstić information content (AvgIpc) is 2.65. The number of nitrogens with zero attached hydrogens (tertiary/aromatic N) is 2. The first-order valence-electron chi connectivity index (χ1n) is 9.75. The highest BCUT2D eigenvalue weighted by molar-refractivity contribution is 5.84. The number of amides is 1. The van der Waals surface area contributed by atoms with E-state index >= 15 is 0 Å². The number of rotatable bonds is 5. The second kappa shape index (κ2) is 7.78. The van der Waals surface area contributed by atoms with Gasteiger partial charge in [-0.15, -0.1) is 0 Å². The lowest BCUT2D eigenvalue weighted by Gasteiger charge is -2.48. The Kier molecular flexibility index (Phi) is 5.66. The quantitative estimate of drug-likeness (QED) is 0.879. The van der Waals surface area contributed by atoms with Gasteiger partial charge in [-0.05, 0) is 62.2 Å². The van der Waals surface area contributed by atoms with E-state index in [-0.39, 0.29) is 11.3 Å². The van der Waals surface area contributed by atoms with Crippen LogP contribution in [-0.4, -0.2) is 52.5 Å². The zero-order valence-corrected chi connectivity index (χ0v) is 15.9. The number of carbonyl (C=O) groups excluding carboxylic acids is 1. The van der Waals surface area contributed by atoms with Crippen molar-refractivity contribution < 1.29 is 14.7 Å². The molecule has 1 aromatic carbocycles. The molecule has 142 valence electrons. The fourth-order valence-electron chi connectivity index (χ4n) is 4.42. The molecule has 0 saturated carbocycles. The summed E-state index contributed by atoms with van der Waals surface area (Å²) in [6.45, 7) is 7.42. The van der Waals surface area contributed by atoms with Crippen molar-refractivity contribution >= 4 is 11.9 Å². The maximum atomic E-state index is 12.2. The molecule has 0 aromatic heterocycles. The third kappa shape index (κ3) is 3.93. The number of likely N-dealkylation sites (tertiary alicyclic amines) is 2. The number of benzene rings is 1. The van der Waals surface area contributed by atoms with Gasteiger partial charge in [0.15, 0.2) is 0 Å². The molecule has 2 aliphatic heterocycles. The summed E-state index contributed by atoms with van der Waals surface area (Å²) in [5.74, 6) is -0.922. The van der Waals surface area contributed by atoms with Crippen molar-refractivity contribution in [3.63, 3.8) is 0 Å². The largest absolute Gasteiger partial charge is 0.480 e. The zero-order chi connectivity index (χ0) is 18.7. The minimum Gasteiger partial charge on any atom is -0.480 e. The maximum Gasteiger partial charge on any atom is 0.326 e. The van der Waals surface area contributed by atoms with E-state index in [9.17, 15) is 14.7 Å². The normalized spacial score (nSPS) is 21.8. The summed E-state index contributed by atoms with van der Waals surface area (Å²) in [5.41, 5.74) is 2.92. The highest BCUT2D eigenvalue weighted by atomic mass is 16.4. The number of aryl methyl sites for hydroxylation is 1. The summed E-state index contributed by atoms with van der Waals surface area (Å²) in [4.78, 5) is 27.6. The molecule has 2 aliphatic rings. The smallest absolute Gasteiger partial charge is 0.326 e. The molecule has 1 N–H and O–H groups in total. The molecular formula is C21H30N2O3. The zero-order valence-electron chi connectivity index (χ0n) is 15.9. The molecule has 0 aliphatic carbocycles. The number of aliphatic carboxylic acids is 1. The predicted molar refractivity (Wildman–Crippen MR) is 101 cm³/mol. The van der Waals surface area contributed by atoms with Gasteiger partial charge in [0, 0.05) is 19.5 Å². The number of hydrogen-bond acceptors (Lipinski definition) is 3. The Hall–Kier alpha value is -1.88. The SMILES string of the molecule is CCc1ccccc1CN1CCC2(CCC(=O)N([C@@H](C)C(=O)O)C2)CC1. The number of carboxylic acid groups (broad SMARTS) is 1. The summed E-state index contributed by atoms with van der Waals surface area (Å²) in [7, 11) is 0. The second-order valence-corrected chi connectivity index (χ2v) is 7.93. The molecule has 3 rings (SSSR count). The monoisotopic (exact) mass is 358 g/mol. The summed E-state index contributed by atoms with van der Waals surface area (Å²) in [6.07, 6.45) is 4.51. The van der Waals surface area contributed by atoms with E-state index in [2.05, 4.69) is 36.1 Å². The van der Waals surface area contributed by atoms with Crippen molar-refractivity contribution in [2.24, 2.45) is 5.41 Å². The van der Waals surface area contributed by atoms with Crippen LogP contribution in [0.4, 0.5) is 0 Å². The summed E-state index contributed by atoms with van der Waals surface area (Å²) in [6, 6.07) is 7.91. The van der Waals surface area contributed by atoms with Crippen molar-refractivity contribution in [2.45, 2.75) is 58.5 Å². The van der Waals surface area contributed by atoms with Gasteiger partial charge in [0.2, 0.25) is 5.91 Å². The fourth-order valence-corrected chi connectivity index (χ4v) is 4.42. The lowest BCUT2D eigenvalue weighted by Crippen LogP contribution is -2.55. The van der Waals surface area contributed by atoms with E-state index in [1.807, 2.05) is 0 Å². The van der Waals surface area contributed by atoms with Crippen LogP contribution in [0.2, 0.25) is 0 Å². The van der Waals surface area contributed by atoms with Crippen LogP contribution in [0.15, 0.2) is 24.3 Å². The van der Waals surface area contributed by atoms with E-state index in [1.54, 1.807) is 11.8 Å². The molecule has 2 fully saturated rings. The Morgan fingerprint density at radius 3 is 2.46 bits per heavy atom. The topological polar surface area (TPSA) is 60.9 Å². The van der Waals surface area contributed by atoms with Gasteiger partial charge in [-0.25, -0.2) is 4.79 Å². The van der Waals surface area contributed by atoms with Crippen LogP contribution >= 0.6 is 0 Å². The summed E-state index contributed by atoms with van der Waals surface area (Å²) >= 11 is 0. The third-order valence-electron chi connectivity index (χ3n) is 6.33. The van der Waals surface area contributed by atoms with Gasteiger partial charge in [0.1, 0.15) is 6.04 Å². The third-order valence-corrected chi connectivity index (χ3v) is 6.33. The highest BCUT2D eigenvalue weighted by Gasteiger charge is 2.43. The lowest BCUT2D eigenvalue weighted by atomic mass is 9.72. The molecule has 1 amide bonds. The van der Waals surface area contributed by atoms with Crippen LogP contribution < -0.4 is 0 Å². The Labute approximate surface area is 156 Å². The fraction of sp³-hybridized carbons (Fsp3) is 0.619. The minimum absolute atomic E-state index is 0.00942. The molecule has 1 spiro atoms. The molecule has 0 radical (unpaired) electrons. The van der Waals surface area contributed by atoms with Gasteiger partial charge in [-0.1, -0.05) is 31.2 Å². The first kappa shape index (κ1) is 18.9. The predicted octanol–water partition coefficient (Wildman–Crippen LogP) is 2.93. The van der Waals surface area contributed by atoms with Gasteiger partial charge >= 0.3 is 5.97 Å². The molecule has 5 heteroatoms. The van der Waals surface area contributed by atoms with Gasteiger partial charge in [-0.3, -0.25) is 9.69 Å². The summed E-state index contributed by atoms with van der Waals surface area (Å²) in [5, 5.41) is 9.29. The molecule has 0 unspecified atom stereocenters. The van der Waals surface area contributed by atoms with Crippen molar-refractivity contribution in [1.82, 2.24) is 9.80 Å². The van der Waals surface area contributed by atoms with Crippen LogP contribution in [0.25, 0.3) is 0 Å². The number of carboxylic acids is 1.